The maximum Gasteiger partial charge on any atom is 0.161 e. The first-order valence-electron chi connectivity index (χ1n) is 7.88. The third-order valence-corrected chi connectivity index (χ3v) is 6.29. The Kier molecular flexibility index (Phi) is 3.41. The fraction of sp³-hybridized carbons (Fsp3) is 0.647. The molecule has 1 heterocycles. The molecular formula is C17H21BrO2. The predicted octanol–water partition coefficient (Wildman–Crippen LogP) is 4.72. The Balaban J connectivity index is 1.55. The summed E-state index contributed by atoms with van der Waals surface area (Å²) >= 11 is 3.95. The van der Waals surface area contributed by atoms with Gasteiger partial charge in [0.25, 0.3) is 0 Å². The fourth-order valence-corrected chi connectivity index (χ4v) is 5.12. The Morgan fingerprint density at radius 1 is 0.950 bits per heavy atom. The number of hydrogen-bond acceptors (Lipinski definition) is 2. The van der Waals surface area contributed by atoms with Crippen LogP contribution in [-0.2, 0) is 0 Å². The van der Waals surface area contributed by atoms with Gasteiger partial charge in [0.1, 0.15) is 0 Å². The number of fused-ring (bicyclic) bond motifs is 2. The Bertz CT molecular complexity index is 490. The molecule has 1 aromatic carbocycles. The van der Waals surface area contributed by atoms with Crippen molar-refractivity contribution in [2.75, 3.05) is 13.2 Å². The second-order valence-corrected chi connectivity index (χ2v) is 7.33. The van der Waals surface area contributed by atoms with Gasteiger partial charge in [-0.25, -0.2) is 0 Å². The van der Waals surface area contributed by atoms with Gasteiger partial charge in [0.2, 0.25) is 0 Å². The molecule has 2 fully saturated rings. The summed E-state index contributed by atoms with van der Waals surface area (Å²) in [6.07, 6.45) is 6.69. The second-order valence-electron chi connectivity index (χ2n) is 6.35. The Morgan fingerprint density at radius 3 is 2.40 bits per heavy atom. The van der Waals surface area contributed by atoms with Crippen LogP contribution in [0.1, 0.15) is 42.5 Å². The molecule has 1 aromatic rings. The van der Waals surface area contributed by atoms with Crippen LogP contribution in [0.15, 0.2) is 18.2 Å². The zero-order valence-electron chi connectivity index (χ0n) is 11.7. The van der Waals surface area contributed by atoms with Gasteiger partial charge in [-0.2, -0.15) is 0 Å². The van der Waals surface area contributed by atoms with E-state index in [1.807, 2.05) is 0 Å². The Morgan fingerprint density at radius 2 is 1.65 bits per heavy atom. The molecule has 3 heteroatoms. The van der Waals surface area contributed by atoms with E-state index >= 15 is 0 Å². The van der Waals surface area contributed by atoms with Crippen LogP contribution in [0.5, 0.6) is 11.5 Å². The average Bonchev–Trinajstić information content (AvgIpc) is 3.25. The van der Waals surface area contributed by atoms with Gasteiger partial charge in [0.15, 0.2) is 11.5 Å². The van der Waals surface area contributed by atoms with E-state index in [2.05, 4.69) is 34.1 Å². The van der Waals surface area contributed by atoms with Crippen LogP contribution in [0.3, 0.4) is 0 Å². The zero-order chi connectivity index (χ0) is 13.5. The quantitative estimate of drug-likeness (QED) is 0.727. The van der Waals surface area contributed by atoms with Crippen molar-refractivity contribution in [1.82, 2.24) is 0 Å². The minimum Gasteiger partial charge on any atom is -0.490 e. The van der Waals surface area contributed by atoms with Crippen LogP contribution in [-0.4, -0.2) is 13.2 Å². The number of rotatable bonds is 2. The molecule has 0 saturated heterocycles. The maximum absolute atomic E-state index is 5.81. The molecule has 108 valence electrons. The van der Waals surface area contributed by atoms with Crippen LogP contribution in [0.2, 0.25) is 0 Å². The van der Waals surface area contributed by atoms with Gasteiger partial charge in [0, 0.05) is 11.2 Å². The molecule has 2 saturated carbocycles. The summed E-state index contributed by atoms with van der Waals surface area (Å²) < 4.78 is 11.5. The highest BCUT2D eigenvalue weighted by molar-refractivity contribution is 9.09. The molecule has 0 radical (unpaired) electrons. The molecule has 0 N–H and O–H groups in total. The minimum absolute atomic E-state index is 0.479. The second kappa shape index (κ2) is 5.25. The molecule has 1 aliphatic heterocycles. The van der Waals surface area contributed by atoms with E-state index in [1.54, 1.807) is 0 Å². The van der Waals surface area contributed by atoms with Crippen molar-refractivity contribution in [3.05, 3.63) is 23.8 Å². The highest BCUT2D eigenvalue weighted by atomic mass is 79.9. The van der Waals surface area contributed by atoms with Gasteiger partial charge in [-0.15, -0.1) is 0 Å². The highest BCUT2D eigenvalue weighted by Gasteiger charge is 2.53. The van der Waals surface area contributed by atoms with Crippen LogP contribution in [0.25, 0.3) is 0 Å². The molecule has 0 amide bonds. The summed E-state index contributed by atoms with van der Waals surface area (Å²) in [7, 11) is 0. The third kappa shape index (κ3) is 2.24. The zero-order valence-corrected chi connectivity index (χ0v) is 13.3. The molecule has 2 nitrogen and oxygen atoms in total. The van der Waals surface area contributed by atoms with Crippen molar-refractivity contribution in [3.63, 3.8) is 0 Å². The lowest BCUT2D eigenvalue weighted by atomic mass is 10.0. The van der Waals surface area contributed by atoms with E-state index in [4.69, 9.17) is 9.47 Å². The molecule has 0 spiro atoms. The summed E-state index contributed by atoms with van der Waals surface area (Å²) in [5.74, 6) is 4.59. The molecule has 0 bridgehead atoms. The third-order valence-electron chi connectivity index (χ3n) is 5.15. The van der Waals surface area contributed by atoms with Gasteiger partial charge in [0.05, 0.1) is 13.2 Å². The van der Waals surface area contributed by atoms with E-state index in [9.17, 15) is 0 Å². The van der Waals surface area contributed by atoms with Crippen LogP contribution < -0.4 is 9.47 Å². The van der Waals surface area contributed by atoms with Gasteiger partial charge in [-0.05, 0) is 48.3 Å². The van der Waals surface area contributed by atoms with Crippen molar-refractivity contribution in [3.8, 4) is 11.5 Å². The van der Waals surface area contributed by atoms with Gasteiger partial charge in [-0.3, -0.25) is 0 Å². The lowest BCUT2D eigenvalue weighted by Crippen LogP contribution is -1.98. The number of ether oxygens (including phenoxy) is 2. The topological polar surface area (TPSA) is 18.5 Å². The van der Waals surface area contributed by atoms with Gasteiger partial charge >= 0.3 is 0 Å². The van der Waals surface area contributed by atoms with Crippen molar-refractivity contribution >= 4 is 15.9 Å². The predicted molar refractivity (Wildman–Crippen MR) is 82.7 cm³/mol. The van der Waals surface area contributed by atoms with E-state index in [0.717, 1.165) is 48.9 Å². The molecule has 3 aliphatic rings. The maximum atomic E-state index is 5.81. The van der Waals surface area contributed by atoms with E-state index < -0.39 is 0 Å². The van der Waals surface area contributed by atoms with E-state index in [0.29, 0.717) is 4.83 Å². The summed E-state index contributed by atoms with van der Waals surface area (Å²) in [5.41, 5.74) is 1.36. The summed E-state index contributed by atoms with van der Waals surface area (Å²) in [4.78, 5) is 0.479. The monoisotopic (exact) mass is 336 g/mol. The van der Waals surface area contributed by atoms with Crippen molar-refractivity contribution in [2.24, 2.45) is 17.8 Å². The summed E-state index contributed by atoms with van der Waals surface area (Å²) in [6.45, 7) is 1.52. The minimum atomic E-state index is 0.479. The SMILES string of the molecule is BrC(c1ccc2c(c1)OCCCO2)C1C2CCCCC21. The molecule has 3 atom stereocenters. The molecule has 20 heavy (non-hydrogen) atoms. The molecule has 3 unspecified atom stereocenters. The van der Waals surface area contributed by atoms with Crippen molar-refractivity contribution < 1.29 is 9.47 Å². The van der Waals surface area contributed by atoms with E-state index in [1.165, 1.54) is 31.2 Å². The van der Waals surface area contributed by atoms with Crippen molar-refractivity contribution in [1.29, 1.82) is 0 Å². The fourth-order valence-electron chi connectivity index (χ4n) is 4.06. The van der Waals surface area contributed by atoms with Crippen LogP contribution in [0, 0.1) is 17.8 Å². The van der Waals surface area contributed by atoms with Crippen molar-refractivity contribution in [2.45, 2.75) is 36.9 Å². The molecule has 0 aromatic heterocycles. The number of hydrogen-bond donors (Lipinski definition) is 0. The largest absolute Gasteiger partial charge is 0.490 e. The first kappa shape index (κ1) is 13.0. The first-order chi connectivity index (χ1) is 9.84. The average molecular weight is 337 g/mol. The molecule has 2 aliphatic carbocycles. The highest BCUT2D eigenvalue weighted by Crippen LogP contribution is 2.62. The smallest absolute Gasteiger partial charge is 0.161 e. The molecular weight excluding hydrogens is 316 g/mol. The van der Waals surface area contributed by atoms with Gasteiger partial charge < -0.3 is 9.47 Å². The van der Waals surface area contributed by atoms with Gasteiger partial charge in [-0.1, -0.05) is 34.8 Å². The standard InChI is InChI=1S/C17H21BrO2/c18-17(16-12-4-1-2-5-13(12)16)11-6-7-14-15(10-11)20-9-3-8-19-14/h6-7,10,12-13,16-17H,1-5,8-9H2. The lowest BCUT2D eigenvalue weighted by molar-refractivity contribution is 0.297. The molecule has 4 rings (SSSR count). The summed E-state index contributed by atoms with van der Waals surface area (Å²) in [6, 6.07) is 6.47. The Hall–Kier alpha value is -0.700. The van der Waals surface area contributed by atoms with Crippen LogP contribution in [0.4, 0.5) is 0 Å². The van der Waals surface area contributed by atoms with E-state index in [-0.39, 0.29) is 0 Å². The first-order valence-corrected chi connectivity index (χ1v) is 8.80. The number of benzene rings is 1. The normalized spacial score (nSPS) is 33.0. The summed E-state index contributed by atoms with van der Waals surface area (Å²) in [5, 5.41) is 0. The number of alkyl halides is 1. The van der Waals surface area contributed by atoms with Crippen LogP contribution >= 0.6 is 15.9 Å². The number of halogens is 1. The lowest BCUT2D eigenvalue weighted by Gasteiger charge is -2.14. The Labute approximate surface area is 129 Å².